The van der Waals surface area contributed by atoms with Gasteiger partial charge in [0.05, 0.1) is 0 Å². The zero-order valence-electron chi connectivity index (χ0n) is 13.2. The Bertz CT molecular complexity index is 736. The summed E-state index contributed by atoms with van der Waals surface area (Å²) in [6.07, 6.45) is 3.84. The van der Waals surface area contributed by atoms with E-state index in [1.807, 2.05) is 5.38 Å². The number of hydrogen-bond donors (Lipinski definition) is 1. The second kappa shape index (κ2) is 6.58. The molecule has 0 bridgehead atoms. The molecular weight excluding hydrogens is 336 g/mol. The zero-order valence-corrected chi connectivity index (χ0v) is 14.8. The number of aryl methyl sites for hydroxylation is 2. The van der Waals surface area contributed by atoms with Gasteiger partial charge in [0.2, 0.25) is 10.0 Å². The lowest BCUT2D eigenvalue weighted by Gasteiger charge is -2.32. The molecule has 126 valence electrons. The lowest BCUT2D eigenvalue weighted by Crippen LogP contribution is -2.41. The third-order valence-electron chi connectivity index (χ3n) is 4.01. The van der Waals surface area contributed by atoms with E-state index in [0.717, 1.165) is 31.1 Å². The first-order valence-corrected chi connectivity index (χ1v) is 9.90. The SMILES string of the molecule is Cc1noc(C)c1S(=O)(=O)NCC1CCCN(c2nccs2)C1. The van der Waals surface area contributed by atoms with Gasteiger partial charge >= 0.3 is 0 Å². The highest BCUT2D eigenvalue weighted by molar-refractivity contribution is 7.89. The fourth-order valence-electron chi connectivity index (χ4n) is 2.94. The fraction of sp³-hybridized carbons (Fsp3) is 0.571. The van der Waals surface area contributed by atoms with Gasteiger partial charge < -0.3 is 9.42 Å². The predicted octanol–water partition coefficient (Wildman–Crippen LogP) is 1.94. The maximum absolute atomic E-state index is 12.5. The van der Waals surface area contributed by atoms with Crippen LogP contribution in [0.1, 0.15) is 24.3 Å². The average Bonchev–Trinajstić information content (AvgIpc) is 3.16. The van der Waals surface area contributed by atoms with E-state index in [1.54, 1.807) is 31.4 Å². The van der Waals surface area contributed by atoms with Gasteiger partial charge in [0.1, 0.15) is 10.6 Å². The van der Waals surface area contributed by atoms with Gasteiger partial charge in [0.25, 0.3) is 0 Å². The van der Waals surface area contributed by atoms with Gasteiger partial charge in [-0.05, 0) is 32.6 Å². The topological polar surface area (TPSA) is 88.3 Å². The van der Waals surface area contributed by atoms with E-state index < -0.39 is 10.0 Å². The lowest BCUT2D eigenvalue weighted by molar-refractivity contribution is 0.390. The summed E-state index contributed by atoms with van der Waals surface area (Å²) in [5.41, 5.74) is 0.392. The molecule has 1 saturated heterocycles. The molecule has 0 aromatic carbocycles. The molecule has 23 heavy (non-hydrogen) atoms. The van der Waals surface area contributed by atoms with Crippen LogP contribution in [-0.2, 0) is 10.0 Å². The second-order valence-corrected chi connectivity index (χ2v) is 8.35. The van der Waals surface area contributed by atoms with Crippen molar-refractivity contribution in [3.05, 3.63) is 23.0 Å². The van der Waals surface area contributed by atoms with Crippen LogP contribution < -0.4 is 9.62 Å². The number of nitrogens with one attached hydrogen (secondary N) is 1. The standard InChI is InChI=1S/C14H20N4O3S2/c1-10-13(11(2)21-17-10)23(19,20)16-8-12-4-3-6-18(9-12)14-15-5-7-22-14/h5,7,12,16H,3-4,6,8-9H2,1-2H3. The monoisotopic (exact) mass is 356 g/mol. The third-order valence-corrected chi connectivity index (χ3v) is 6.51. The highest BCUT2D eigenvalue weighted by atomic mass is 32.2. The number of thiazole rings is 1. The fourth-order valence-corrected chi connectivity index (χ4v) is 5.06. The lowest BCUT2D eigenvalue weighted by atomic mass is 9.99. The molecule has 2 aromatic rings. The van der Waals surface area contributed by atoms with Crippen molar-refractivity contribution in [3.63, 3.8) is 0 Å². The van der Waals surface area contributed by atoms with Crippen LogP contribution in [0.15, 0.2) is 21.0 Å². The van der Waals surface area contributed by atoms with E-state index in [1.165, 1.54) is 0 Å². The highest BCUT2D eigenvalue weighted by Crippen LogP contribution is 2.25. The summed E-state index contributed by atoms with van der Waals surface area (Å²) in [7, 11) is -3.59. The molecule has 2 aromatic heterocycles. The Balaban J connectivity index is 1.64. The first kappa shape index (κ1) is 16.4. The molecule has 0 radical (unpaired) electrons. The Morgan fingerprint density at radius 1 is 1.48 bits per heavy atom. The molecule has 9 heteroatoms. The Morgan fingerprint density at radius 2 is 2.30 bits per heavy atom. The van der Waals surface area contributed by atoms with Crippen molar-refractivity contribution >= 4 is 26.5 Å². The first-order chi connectivity index (χ1) is 11.0. The summed E-state index contributed by atoms with van der Waals surface area (Å²) in [4.78, 5) is 6.71. The maximum Gasteiger partial charge on any atom is 0.245 e. The molecule has 0 amide bonds. The molecule has 1 unspecified atom stereocenters. The zero-order chi connectivity index (χ0) is 16.4. The van der Waals surface area contributed by atoms with Gasteiger partial charge in [-0.15, -0.1) is 11.3 Å². The summed E-state index contributed by atoms with van der Waals surface area (Å²) < 4.78 is 32.6. The summed E-state index contributed by atoms with van der Waals surface area (Å²) in [6.45, 7) is 5.45. The number of rotatable bonds is 5. The van der Waals surface area contributed by atoms with E-state index in [-0.39, 0.29) is 10.8 Å². The number of hydrogen-bond acceptors (Lipinski definition) is 7. The maximum atomic E-state index is 12.5. The molecule has 7 nitrogen and oxygen atoms in total. The van der Waals surface area contributed by atoms with Gasteiger partial charge in [-0.1, -0.05) is 5.16 Å². The van der Waals surface area contributed by atoms with Crippen molar-refractivity contribution in [3.8, 4) is 0 Å². The van der Waals surface area contributed by atoms with Gasteiger partial charge in [-0.2, -0.15) is 0 Å². The Kier molecular flexibility index (Phi) is 4.69. The molecule has 3 rings (SSSR count). The highest BCUT2D eigenvalue weighted by Gasteiger charge is 2.27. The van der Waals surface area contributed by atoms with Crippen LogP contribution in [0.25, 0.3) is 0 Å². The molecule has 0 spiro atoms. The van der Waals surface area contributed by atoms with Crippen molar-refractivity contribution in [2.75, 3.05) is 24.5 Å². The van der Waals surface area contributed by atoms with Crippen molar-refractivity contribution < 1.29 is 12.9 Å². The minimum absolute atomic E-state index is 0.157. The molecule has 1 aliphatic rings. The van der Waals surface area contributed by atoms with Crippen LogP contribution in [0.3, 0.4) is 0 Å². The molecule has 0 saturated carbocycles. The van der Waals surface area contributed by atoms with Crippen molar-refractivity contribution in [2.24, 2.45) is 5.92 Å². The summed E-state index contributed by atoms with van der Waals surface area (Å²) >= 11 is 1.61. The van der Waals surface area contributed by atoms with E-state index in [4.69, 9.17) is 4.52 Å². The summed E-state index contributed by atoms with van der Waals surface area (Å²) in [5.74, 6) is 0.589. The number of piperidine rings is 1. The third kappa shape index (κ3) is 3.56. The van der Waals surface area contributed by atoms with E-state index >= 15 is 0 Å². The van der Waals surface area contributed by atoms with Crippen LogP contribution in [0, 0.1) is 19.8 Å². The number of aromatic nitrogens is 2. The number of nitrogens with zero attached hydrogens (tertiary/aromatic N) is 3. The molecular formula is C14H20N4O3S2. The second-order valence-electron chi connectivity index (χ2n) is 5.77. The Hall–Kier alpha value is -1.45. The van der Waals surface area contributed by atoms with Crippen molar-refractivity contribution in [1.29, 1.82) is 0 Å². The quantitative estimate of drug-likeness (QED) is 0.881. The van der Waals surface area contributed by atoms with Gasteiger partial charge in [-0.25, -0.2) is 18.1 Å². The molecule has 1 N–H and O–H groups in total. The Labute approximate surface area is 139 Å². The van der Waals surface area contributed by atoms with E-state index in [9.17, 15) is 8.42 Å². The van der Waals surface area contributed by atoms with Crippen LogP contribution in [0.5, 0.6) is 0 Å². The van der Waals surface area contributed by atoms with Crippen LogP contribution >= 0.6 is 11.3 Å². The van der Waals surface area contributed by atoms with Gasteiger partial charge in [-0.3, -0.25) is 0 Å². The van der Waals surface area contributed by atoms with Crippen LogP contribution in [0.2, 0.25) is 0 Å². The average molecular weight is 356 g/mol. The molecule has 1 aliphatic heterocycles. The van der Waals surface area contributed by atoms with Gasteiger partial charge in [0.15, 0.2) is 10.9 Å². The molecule has 0 aliphatic carbocycles. The van der Waals surface area contributed by atoms with E-state index in [0.29, 0.717) is 18.0 Å². The smallest absolute Gasteiger partial charge is 0.245 e. The molecule has 1 fully saturated rings. The summed E-state index contributed by atoms with van der Waals surface area (Å²) in [6, 6.07) is 0. The van der Waals surface area contributed by atoms with Crippen molar-refractivity contribution in [1.82, 2.24) is 14.9 Å². The largest absolute Gasteiger partial charge is 0.360 e. The Morgan fingerprint density at radius 3 is 2.96 bits per heavy atom. The van der Waals surface area contributed by atoms with E-state index in [2.05, 4.69) is 19.8 Å². The number of sulfonamides is 1. The molecule has 3 heterocycles. The molecule has 1 atom stereocenters. The number of anilines is 1. The normalized spacial score (nSPS) is 19.2. The minimum atomic E-state index is -3.59. The van der Waals surface area contributed by atoms with Crippen molar-refractivity contribution in [2.45, 2.75) is 31.6 Å². The van der Waals surface area contributed by atoms with Gasteiger partial charge in [0, 0.05) is 31.2 Å². The van der Waals surface area contributed by atoms with Crippen LogP contribution in [0.4, 0.5) is 5.13 Å². The first-order valence-electron chi connectivity index (χ1n) is 7.54. The van der Waals surface area contributed by atoms with Crippen LogP contribution in [-0.4, -0.2) is 38.2 Å². The minimum Gasteiger partial charge on any atom is -0.360 e. The predicted molar refractivity (Wildman–Crippen MR) is 88.2 cm³/mol. The summed E-state index contributed by atoms with van der Waals surface area (Å²) in [5, 5.41) is 6.67.